The van der Waals surface area contributed by atoms with Crippen molar-refractivity contribution in [3.8, 4) is 49.4 Å². The summed E-state index contributed by atoms with van der Waals surface area (Å²) in [5.74, 6) is -0.808. The van der Waals surface area contributed by atoms with Crippen molar-refractivity contribution in [1.82, 2.24) is 9.97 Å². The molecule has 0 saturated heterocycles. The first-order chi connectivity index (χ1) is 15.6. The van der Waals surface area contributed by atoms with Crippen LogP contribution in [0.25, 0.3) is 43.7 Å². The van der Waals surface area contributed by atoms with Gasteiger partial charge >= 0.3 is 0 Å². The third kappa shape index (κ3) is 3.91. The SMILES string of the molecule is NC(=O)c1cc(-c2csc(-c3ccc(-c4csc(-c5ccccc5)n4)cc3)n2)ccc1O. The fraction of sp³-hybridized carbons (Fsp3) is 0. The summed E-state index contributed by atoms with van der Waals surface area (Å²) >= 11 is 3.15. The standard InChI is InChI=1S/C25H17N3O2S2/c26-23(30)19-12-18(10-11-22(19)29)21-14-32-25(28-21)17-8-6-15(7-9-17)20-13-31-24(27-20)16-4-2-1-3-5-16/h1-14,29H,(H2,26,30). The molecule has 3 N–H and O–H groups in total. The second-order valence-electron chi connectivity index (χ2n) is 7.12. The van der Waals surface area contributed by atoms with E-state index in [1.54, 1.807) is 23.5 Å². The molecule has 156 valence electrons. The maximum absolute atomic E-state index is 11.5. The number of nitrogens with two attached hydrogens (primary N) is 1. The van der Waals surface area contributed by atoms with E-state index < -0.39 is 5.91 Å². The van der Waals surface area contributed by atoms with E-state index in [9.17, 15) is 9.90 Å². The molecule has 0 radical (unpaired) electrons. The molecule has 0 unspecified atom stereocenters. The van der Waals surface area contributed by atoms with Crippen LogP contribution >= 0.6 is 22.7 Å². The quantitative estimate of drug-likeness (QED) is 0.336. The Balaban J connectivity index is 1.39. The molecule has 5 nitrogen and oxygen atoms in total. The van der Waals surface area contributed by atoms with E-state index >= 15 is 0 Å². The smallest absolute Gasteiger partial charge is 0.252 e. The Kier molecular flexibility index (Phi) is 5.26. The molecule has 2 heterocycles. The molecule has 0 atom stereocenters. The van der Waals surface area contributed by atoms with Crippen molar-refractivity contribution in [1.29, 1.82) is 0 Å². The minimum Gasteiger partial charge on any atom is -0.507 e. The van der Waals surface area contributed by atoms with Gasteiger partial charge in [0, 0.05) is 33.0 Å². The van der Waals surface area contributed by atoms with Crippen molar-refractivity contribution in [2.24, 2.45) is 5.73 Å². The van der Waals surface area contributed by atoms with Gasteiger partial charge in [0.05, 0.1) is 17.0 Å². The largest absolute Gasteiger partial charge is 0.507 e. The van der Waals surface area contributed by atoms with Crippen LogP contribution in [0.1, 0.15) is 10.4 Å². The number of aromatic nitrogens is 2. The van der Waals surface area contributed by atoms with Crippen molar-refractivity contribution in [3.05, 3.63) is 89.1 Å². The first kappa shape index (κ1) is 20.1. The van der Waals surface area contributed by atoms with Gasteiger partial charge in [0.25, 0.3) is 5.91 Å². The Morgan fingerprint density at radius 2 is 1.25 bits per heavy atom. The number of aromatic hydroxyl groups is 1. The summed E-state index contributed by atoms with van der Waals surface area (Å²) in [6.45, 7) is 0. The highest BCUT2D eigenvalue weighted by Crippen LogP contribution is 2.33. The molecule has 1 amide bonds. The van der Waals surface area contributed by atoms with Gasteiger partial charge in [-0.15, -0.1) is 22.7 Å². The average molecular weight is 456 g/mol. The Labute approximate surface area is 192 Å². The van der Waals surface area contributed by atoms with Crippen LogP contribution in [-0.4, -0.2) is 21.0 Å². The minimum atomic E-state index is -0.673. The summed E-state index contributed by atoms with van der Waals surface area (Å²) in [6.07, 6.45) is 0. The number of carbonyl (C=O) groups excluding carboxylic acids is 1. The molecule has 32 heavy (non-hydrogen) atoms. The van der Waals surface area contributed by atoms with Gasteiger partial charge in [-0.25, -0.2) is 9.97 Å². The van der Waals surface area contributed by atoms with E-state index in [1.165, 1.54) is 17.4 Å². The third-order valence-electron chi connectivity index (χ3n) is 5.01. The summed E-state index contributed by atoms with van der Waals surface area (Å²) in [4.78, 5) is 21.0. The Hall–Kier alpha value is -3.81. The monoisotopic (exact) mass is 455 g/mol. The number of thiazole rings is 2. The average Bonchev–Trinajstić information content (AvgIpc) is 3.51. The maximum atomic E-state index is 11.5. The zero-order valence-electron chi connectivity index (χ0n) is 16.7. The topological polar surface area (TPSA) is 89.1 Å². The fourth-order valence-electron chi connectivity index (χ4n) is 3.33. The maximum Gasteiger partial charge on any atom is 0.252 e. The van der Waals surface area contributed by atoms with Crippen molar-refractivity contribution in [2.75, 3.05) is 0 Å². The fourth-order valence-corrected chi connectivity index (χ4v) is 5.01. The van der Waals surface area contributed by atoms with Crippen LogP contribution in [0.5, 0.6) is 5.75 Å². The van der Waals surface area contributed by atoms with Gasteiger partial charge in [-0.05, 0) is 18.2 Å². The summed E-state index contributed by atoms with van der Waals surface area (Å²) in [7, 11) is 0. The number of amides is 1. The molecule has 7 heteroatoms. The highest BCUT2D eigenvalue weighted by molar-refractivity contribution is 7.13. The second kappa shape index (κ2) is 8.37. The summed E-state index contributed by atoms with van der Waals surface area (Å²) in [5.41, 5.74) is 11.0. The molecule has 0 bridgehead atoms. The molecule has 0 fully saturated rings. The molecule has 2 aromatic heterocycles. The van der Waals surface area contributed by atoms with Crippen molar-refractivity contribution < 1.29 is 9.90 Å². The molecule has 0 aliphatic rings. The van der Waals surface area contributed by atoms with Crippen LogP contribution in [0.2, 0.25) is 0 Å². The Bertz CT molecular complexity index is 1410. The molecular formula is C25H17N3O2S2. The summed E-state index contributed by atoms with van der Waals surface area (Å²) in [6, 6.07) is 23.1. The third-order valence-corrected chi connectivity index (χ3v) is 6.80. The van der Waals surface area contributed by atoms with Crippen LogP contribution in [0.15, 0.2) is 83.6 Å². The first-order valence-corrected chi connectivity index (χ1v) is 11.5. The van der Waals surface area contributed by atoms with Crippen molar-refractivity contribution in [3.63, 3.8) is 0 Å². The van der Waals surface area contributed by atoms with Crippen molar-refractivity contribution in [2.45, 2.75) is 0 Å². The van der Waals surface area contributed by atoms with Gasteiger partial charge in [0.15, 0.2) is 0 Å². The highest BCUT2D eigenvalue weighted by atomic mass is 32.1. The molecule has 5 rings (SSSR count). The number of hydrogen-bond acceptors (Lipinski definition) is 6. The van der Waals surface area contributed by atoms with E-state index in [0.29, 0.717) is 0 Å². The van der Waals surface area contributed by atoms with E-state index in [0.717, 1.165) is 43.7 Å². The van der Waals surface area contributed by atoms with Gasteiger partial charge in [0.2, 0.25) is 0 Å². The molecular weight excluding hydrogens is 438 g/mol. The number of hydrogen-bond donors (Lipinski definition) is 2. The number of rotatable bonds is 5. The molecule has 0 aliphatic carbocycles. The molecule has 0 aliphatic heterocycles. The van der Waals surface area contributed by atoms with Gasteiger partial charge in [0.1, 0.15) is 15.8 Å². The van der Waals surface area contributed by atoms with Gasteiger partial charge < -0.3 is 10.8 Å². The Morgan fingerprint density at radius 1 is 0.719 bits per heavy atom. The zero-order valence-corrected chi connectivity index (χ0v) is 18.4. The lowest BCUT2D eigenvalue weighted by Gasteiger charge is -2.03. The van der Waals surface area contributed by atoms with E-state index in [1.807, 2.05) is 47.8 Å². The van der Waals surface area contributed by atoms with Crippen LogP contribution in [-0.2, 0) is 0 Å². The minimum absolute atomic E-state index is 0.0829. The molecule has 0 saturated carbocycles. The normalized spacial score (nSPS) is 10.9. The highest BCUT2D eigenvalue weighted by Gasteiger charge is 2.13. The molecule has 3 aromatic carbocycles. The summed E-state index contributed by atoms with van der Waals surface area (Å²) in [5, 5.41) is 15.7. The van der Waals surface area contributed by atoms with Gasteiger partial charge in [-0.1, -0.05) is 54.6 Å². The number of benzene rings is 3. The molecule has 5 aromatic rings. The van der Waals surface area contributed by atoms with E-state index in [-0.39, 0.29) is 11.3 Å². The number of primary amides is 1. The zero-order chi connectivity index (χ0) is 22.1. The number of nitrogens with zero attached hydrogens (tertiary/aromatic N) is 2. The van der Waals surface area contributed by atoms with Gasteiger partial charge in [-0.3, -0.25) is 4.79 Å². The lowest BCUT2D eigenvalue weighted by molar-refractivity contribution is 0.0998. The predicted molar refractivity (Wildman–Crippen MR) is 130 cm³/mol. The first-order valence-electron chi connectivity index (χ1n) is 9.79. The van der Waals surface area contributed by atoms with Crippen LogP contribution < -0.4 is 5.73 Å². The predicted octanol–water partition coefficient (Wildman–Crippen LogP) is 6.07. The number of phenols is 1. The van der Waals surface area contributed by atoms with Crippen molar-refractivity contribution >= 4 is 28.6 Å². The van der Waals surface area contributed by atoms with Crippen LogP contribution in [0.4, 0.5) is 0 Å². The lowest BCUT2D eigenvalue weighted by Crippen LogP contribution is -2.11. The van der Waals surface area contributed by atoms with Crippen LogP contribution in [0.3, 0.4) is 0 Å². The lowest BCUT2D eigenvalue weighted by atomic mass is 10.1. The number of carbonyl (C=O) groups is 1. The summed E-state index contributed by atoms with van der Waals surface area (Å²) < 4.78 is 0. The van der Waals surface area contributed by atoms with E-state index in [2.05, 4.69) is 17.5 Å². The molecule has 0 spiro atoms. The van der Waals surface area contributed by atoms with E-state index in [4.69, 9.17) is 15.7 Å². The second-order valence-corrected chi connectivity index (χ2v) is 8.83. The van der Waals surface area contributed by atoms with Crippen LogP contribution in [0, 0.1) is 0 Å². The Morgan fingerprint density at radius 3 is 1.88 bits per heavy atom. The van der Waals surface area contributed by atoms with Gasteiger partial charge in [-0.2, -0.15) is 0 Å².